The number of sulfone groups is 1. The number of nitrogen functional groups attached to an aromatic ring is 1. The Labute approximate surface area is 253 Å². The average molecular weight is 618 g/mol. The Bertz CT molecular complexity index is 1990. The summed E-state index contributed by atoms with van der Waals surface area (Å²) in [6, 6.07) is 7.43. The summed E-state index contributed by atoms with van der Waals surface area (Å²) in [7, 11) is -3.82. The molecule has 2 fully saturated rings. The Balaban J connectivity index is 1.67. The van der Waals surface area contributed by atoms with E-state index in [9.17, 15) is 18.0 Å². The molecule has 1 amide bonds. The van der Waals surface area contributed by atoms with Crippen LogP contribution in [0.15, 0.2) is 65.1 Å². The number of benzene rings is 1. The topological polar surface area (TPSA) is 144 Å². The molecule has 228 valence electrons. The van der Waals surface area contributed by atoms with Crippen molar-refractivity contribution in [3.05, 3.63) is 77.2 Å². The van der Waals surface area contributed by atoms with Crippen molar-refractivity contribution in [1.29, 1.82) is 0 Å². The summed E-state index contributed by atoms with van der Waals surface area (Å²) in [5.41, 5.74) is 6.64. The molecule has 0 unspecified atom stereocenters. The molecule has 4 heterocycles. The van der Waals surface area contributed by atoms with Crippen molar-refractivity contribution in [2.45, 2.75) is 43.0 Å². The zero-order valence-electron chi connectivity index (χ0n) is 24.4. The SMILES string of the molecule is C=CC(=O)N1CCN(c2nc(=O)n(-c3c(C4CCC4)cccc3S(C)(=O)=O)c3nc(-c4cnccc4N)c(F)cc23)[C@@H](C)C1. The molecule has 13 heteroatoms. The first-order valence-electron chi connectivity index (χ1n) is 14.3. The second-order valence-electron chi connectivity index (χ2n) is 11.3. The maximum Gasteiger partial charge on any atom is 0.355 e. The monoisotopic (exact) mass is 617 g/mol. The summed E-state index contributed by atoms with van der Waals surface area (Å²) >= 11 is 0. The van der Waals surface area contributed by atoms with Gasteiger partial charge in [0.15, 0.2) is 21.3 Å². The van der Waals surface area contributed by atoms with Crippen molar-refractivity contribution < 1.29 is 17.6 Å². The number of carbonyl (C=O) groups excluding carboxylic acids is 1. The lowest BCUT2D eigenvalue weighted by atomic mass is 9.79. The molecule has 3 aromatic heterocycles. The zero-order valence-corrected chi connectivity index (χ0v) is 25.2. The highest BCUT2D eigenvalue weighted by molar-refractivity contribution is 7.90. The van der Waals surface area contributed by atoms with Gasteiger partial charge in [-0.25, -0.2) is 27.2 Å². The normalized spacial score (nSPS) is 17.5. The van der Waals surface area contributed by atoms with E-state index < -0.39 is 21.3 Å². The predicted octanol–water partition coefficient (Wildman–Crippen LogP) is 3.46. The molecule has 1 aromatic carbocycles. The first-order chi connectivity index (χ1) is 21.0. The minimum absolute atomic E-state index is 0.0353. The number of carbonyl (C=O) groups is 1. The van der Waals surface area contributed by atoms with Crippen LogP contribution < -0.4 is 16.3 Å². The van der Waals surface area contributed by atoms with E-state index in [0.29, 0.717) is 25.2 Å². The van der Waals surface area contributed by atoms with Crippen molar-refractivity contribution in [2.75, 3.05) is 36.5 Å². The quantitative estimate of drug-likeness (QED) is 0.322. The van der Waals surface area contributed by atoms with Gasteiger partial charge in [-0.05, 0) is 55.5 Å². The van der Waals surface area contributed by atoms with Gasteiger partial charge in [0.05, 0.1) is 16.0 Å². The maximum atomic E-state index is 16.0. The Morgan fingerprint density at radius 3 is 2.59 bits per heavy atom. The van der Waals surface area contributed by atoms with Gasteiger partial charge in [0, 0.05) is 55.6 Å². The largest absolute Gasteiger partial charge is 0.398 e. The minimum atomic E-state index is -3.82. The van der Waals surface area contributed by atoms with Gasteiger partial charge in [0.25, 0.3) is 0 Å². The van der Waals surface area contributed by atoms with Crippen LogP contribution in [0, 0.1) is 5.82 Å². The fourth-order valence-electron chi connectivity index (χ4n) is 6.05. The molecule has 1 aliphatic heterocycles. The van der Waals surface area contributed by atoms with E-state index in [1.54, 1.807) is 11.0 Å². The van der Waals surface area contributed by atoms with Crippen molar-refractivity contribution >= 4 is 38.3 Å². The number of pyridine rings is 2. The van der Waals surface area contributed by atoms with Crippen molar-refractivity contribution in [3.8, 4) is 16.9 Å². The van der Waals surface area contributed by atoms with E-state index in [4.69, 9.17) is 5.73 Å². The number of amides is 1. The van der Waals surface area contributed by atoms with Gasteiger partial charge in [0.1, 0.15) is 11.5 Å². The number of piperazine rings is 1. The summed E-state index contributed by atoms with van der Waals surface area (Å²) in [6.07, 6.45) is 7.85. The molecule has 1 saturated heterocycles. The van der Waals surface area contributed by atoms with Crippen LogP contribution in [0.5, 0.6) is 0 Å². The van der Waals surface area contributed by atoms with Gasteiger partial charge in [-0.3, -0.25) is 9.78 Å². The molecule has 4 aromatic rings. The van der Waals surface area contributed by atoms with Crippen LogP contribution in [0.25, 0.3) is 28.0 Å². The van der Waals surface area contributed by atoms with Gasteiger partial charge in [-0.1, -0.05) is 25.1 Å². The molecule has 2 aliphatic rings. The van der Waals surface area contributed by atoms with Crippen LogP contribution in [0.4, 0.5) is 15.9 Å². The summed E-state index contributed by atoms with van der Waals surface area (Å²) in [5.74, 6) is -0.692. The predicted molar refractivity (Wildman–Crippen MR) is 166 cm³/mol. The minimum Gasteiger partial charge on any atom is -0.398 e. The molecule has 0 spiro atoms. The fourth-order valence-corrected chi connectivity index (χ4v) is 6.93. The molecule has 0 bridgehead atoms. The third-order valence-corrected chi connectivity index (χ3v) is 9.62. The van der Waals surface area contributed by atoms with Gasteiger partial charge >= 0.3 is 5.69 Å². The van der Waals surface area contributed by atoms with Gasteiger partial charge in [-0.15, -0.1) is 0 Å². The third-order valence-electron chi connectivity index (χ3n) is 8.50. The van der Waals surface area contributed by atoms with Crippen LogP contribution in [0.2, 0.25) is 0 Å². The number of rotatable bonds is 6. The Kier molecular flexibility index (Phi) is 7.44. The molecule has 1 saturated carbocycles. The van der Waals surface area contributed by atoms with Crippen molar-refractivity contribution in [1.82, 2.24) is 24.4 Å². The number of hydrogen-bond acceptors (Lipinski definition) is 9. The van der Waals surface area contributed by atoms with E-state index in [1.807, 2.05) is 17.9 Å². The second kappa shape index (κ2) is 11.1. The number of hydrogen-bond donors (Lipinski definition) is 1. The first-order valence-corrected chi connectivity index (χ1v) is 16.2. The number of aromatic nitrogens is 4. The van der Waals surface area contributed by atoms with Gasteiger partial charge < -0.3 is 15.5 Å². The summed E-state index contributed by atoms with van der Waals surface area (Å²) < 4.78 is 43.4. The average Bonchev–Trinajstić information content (AvgIpc) is 2.95. The summed E-state index contributed by atoms with van der Waals surface area (Å²) in [6.45, 7) is 6.43. The van der Waals surface area contributed by atoms with Crippen LogP contribution in [0.3, 0.4) is 0 Å². The van der Waals surface area contributed by atoms with Gasteiger partial charge in [-0.2, -0.15) is 4.98 Å². The van der Waals surface area contributed by atoms with Gasteiger partial charge in [0.2, 0.25) is 5.91 Å². The van der Waals surface area contributed by atoms with Crippen LogP contribution in [-0.2, 0) is 14.6 Å². The molecule has 11 nitrogen and oxygen atoms in total. The molecule has 1 atom stereocenters. The summed E-state index contributed by atoms with van der Waals surface area (Å²) in [4.78, 5) is 43.1. The highest BCUT2D eigenvalue weighted by Gasteiger charge is 2.33. The Morgan fingerprint density at radius 2 is 1.95 bits per heavy atom. The Morgan fingerprint density at radius 1 is 1.18 bits per heavy atom. The van der Waals surface area contributed by atoms with E-state index in [-0.39, 0.29) is 62.2 Å². The smallest absolute Gasteiger partial charge is 0.355 e. The number of anilines is 2. The number of para-hydroxylation sites is 1. The van der Waals surface area contributed by atoms with Crippen molar-refractivity contribution in [2.24, 2.45) is 0 Å². The van der Waals surface area contributed by atoms with Crippen molar-refractivity contribution in [3.63, 3.8) is 0 Å². The number of halogens is 1. The van der Waals surface area contributed by atoms with E-state index >= 15 is 4.39 Å². The molecular weight excluding hydrogens is 585 g/mol. The molecule has 2 N–H and O–H groups in total. The molecule has 6 rings (SSSR count). The Hall–Kier alpha value is -4.65. The van der Waals surface area contributed by atoms with Crippen LogP contribution >= 0.6 is 0 Å². The van der Waals surface area contributed by atoms with E-state index in [0.717, 1.165) is 25.5 Å². The standard InChI is InChI=1S/C31H32FN7O4S/c1-4-26(40)37-13-14-38(18(2)17-37)29-21-15-23(32)27(22-16-34-12-11-24(22)33)35-30(21)39(31(41)36-29)28-20(19-7-5-8-19)9-6-10-25(28)44(3,42)43/h4,6,9-12,15-16,18-19H,1,5,7-8,13-14,17H2,2-3H3,(H2,33,34)/t18-/m0/s1. The molecule has 0 radical (unpaired) electrons. The van der Waals surface area contributed by atoms with Crippen LogP contribution in [0.1, 0.15) is 37.7 Å². The lowest BCUT2D eigenvalue weighted by molar-refractivity contribution is -0.126. The second-order valence-corrected chi connectivity index (χ2v) is 13.3. The van der Waals surface area contributed by atoms with E-state index in [1.165, 1.54) is 41.2 Å². The maximum absolute atomic E-state index is 16.0. The molecule has 1 aliphatic carbocycles. The lowest BCUT2D eigenvalue weighted by Gasteiger charge is -2.40. The lowest BCUT2D eigenvalue weighted by Crippen LogP contribution is -2.54. The number of nitrogens with zero attached hydrogens (tertiary/aromatic N) is 6. The van der Waals surface area contributed by atoms with E-state index in [2.05, 4.69) is 21.5 Å². The number of nitrogens with two attached hydrogens (primary N) is 1. The zero-order chi connectivity index (χ0) is 31.3. The highest BCUT2D eigenvalue weighted by atomic mass is 32.2. The molecular formula is C31H32FN7O4S. The number of fused-ring (bicyclic) bond motifs is 1. The summed E-state index contributed by atoms with van der Waals surface area (Å²) in [5, 5.41) is 0.214. The molecule has 44 heavy (non-hydrogen) atoms. The van der Waals surface area contributed by atoms with Crippen LogP contribution in [-0.4, -0.2) is 70.7 Å². The third kappa shape index (κ3) is 5.00. The highest BCUT2D eigenvalue weighted by Crippen LogP contribution is 2.42. The first kappa shape index (κ1) is 29.4. The fraction of sp³-hybridized carbons (Fsp3) is 0.323.